The van der Waals surface area contributed by atoms with Gasteiger partial charge in [-0.25, -0.2) is 9.59 Å². The maximum Gasteiger partial charge on any atom is 0.341 e. The molecule has 0 saturated carbocycles. The molecule has 0 aliphatic heterocycles. The minimum Gasteiger partial charge on any atom is -0.481 e. The lowest BCUT2D eigenvalue weighted by Gasteiger charge is -2.17. The standard InChI is InChI=1S/C15H22N2O5S/c1-5-10-9(3)23-13(12(10)14(20)22-6-2)16-15(21)17(4)8-7-11(18)19/h5-8H2,1-4H3,(H,16,21)(H,18,19). The van der Waals surface area contributed by atoms with Crippen molar-refractivity contribution in [1.29, 1.82) is 0 Å². The second-order valence-corrected chi connectivity index (χ2v) is 6.14. The van der Waals surface area contributed by atoms with Gasteiger partial charge in [-0.1, -0.05) is 6.92 Å². The lowest BCUT2D eigenvalue weighted by molar-refractivity contribution is -0.137. The number of anilines is 1. The fourth-order valence-corrected chi connectivity index (χ4v) is 3.19. The summed E-state index contributed by atoms with van der Waals surface area (Å²) >= 11 is 1.31. The van der Waals surface area contributed by atoms with Gasteiger partial charge < -0.3 is 14.7 Å². The van der Waals surface area contributed by atoms with E-state index in [0.29, 0.717) is 17.0 Å². The van der Waals surface area contributed by atoms with Crippen LogP contribution in [0.3, 0.4) is 0 Å². The second-order valence-electron chi connectivity index (χ2n) is 4.91. The SMILES string of the molecule is CCOC(=O)c1c(NC(=O)N(C)CCC(=O)O)sc(C)c1CC. The molecule has 7 nitrogen and oxygen atoms in total. The Hall–Kier alpha value is -2.09. The summed E-state index contributed by atoms with van der Waals surface area (Å²) in [4.78, 5) is 37.1. The van der Waals surface area contributed by atoms with Gasteiger partial charge in [0.15, 0.2) is 0 Å². The van der Waals surface area contributed by atoms with E-state index in [-0.39, 0.29) is 19.6 Å². The Bertz CT molecular complexity index is 597. The van der Waals surface area contributed by atoms with Crippen molar-refractivity contribution in [1.82, 2.24) is 4.90 Å². The average molecular weight is 342 g/mol. The zero-order valence-electron chi connectivity index (χ0n) is 13.8. The number of hydrogen-bond donors (Lipinski definition) is 2. The van der Waals surface area contributed by atoms with Crippen molar-refractivity contribution in [3.8, 4) is 0 Å². The van der Waals surface area contributed by atoms with Gasteiger partial charge in [-0.2, -0.15) is 0 Å². The molecular formula is C15H22N2O5S. The van der Waals surface area contributed by atoms with Gasteiger partial charge in [-0.05, 0) is 25.8 Å². The van der Waals surface area contributed by atoms with E-state index in [1.54, 1.807) is 6.92 Å². The summed E-state index contributed by atoms with van der Waals surface area (Å²) in [7, 11) is 1.50. The first-order chi connectivity index (χ1) is 10.8. The van der Waals surface area contributed by atoms with Gasteiger partial charge in [0.2, 0.25) is 0 Å². The Morgan fingerprint density at radius 1 is 1.30 bits per heavy atom. The summed E-state index contributed by atoms with van der Waals surface area (Å²) < 4.78 is 5.07. The lowest BCUT2D eigenvalue weighted by atomic mass is 10.1. The van der Waals surface area contributed by atoms with Crippen LogP contribution in [0.25, 0.3) is 0 Å². The fourth-order valence-electron chi connectivity index (χ4n) is 2.07. The Morgan fingerprint density at radius 3 is 2.48 bits per heavy atom. The summed E-state index contributed by atoms with van der Waals surface area (Å²) in [5.74, 6) is -1.44. The molecule has 0 saturated heterocycles. The molecule has 23 heavy (non-hydrogen) atoms. The third-order valence-corrected chi connectivity index (χ3v) is 4.33. The number of carboxylic acids is 1. The molecule has 1 aromatic heterocycles. The normalized spacial score (nSPS) is 10.3. The molecule has 0 unspecified atom stereocenters. The van der Waals surface area contributed by atoms with Gasteiger partial charge in [0.1, 0.15) is 5.00 Å². The number of carbonyl (C=O) groups excluding carboxylic acids is 2. The largest absolute Gasteiger partial charge is 0.481 e. The molecule has 128 valence electrons. The molecule has 1 rings (SSSR count). The molecule has 2 N–H and O–H groups in total. The molecule has 1 heterocycles. The highest BCUT2D eigenvalue weighted by Gasteiger charge is 2.24. The molecule has 0 aromatic carbocycles. The highest BCUT2D eigenvalue weighted by Crippen LogP contribution is 2.34. The molecule has 0 spiro atoms. The maximum absolute atomic E-state index is 12.2. The number of nitrogens with zero attached hydrogens (tertiary/aromatic N) is 1. The van der Waals surface area contributed by atoms with Crippen LogP contribution in [0.5, 0.6) is 0 Å². The molecule has 2 amide bonds. The molecule has 1 aromatic rings. The topological polar surface area (TPSA) is 95.9 Å². The quantitative estimate of drug-likeness (QED) is 0.743. The van der Waals surface area contributed by atoms with Crippen molar-refractivity contribution in [2.24, 2.45) is 0 Å². The summed E-state index contributed by atoms with van der Waals surface area (Å²) in [6, 6.07) is -0.458. The maximum atomic E-state index is 12.2. The predicted molar refractivity (Wildman–Crippen MR) is 88.3 cm³/mol. The highest BCUT2D eigenvalue weighted by molar-refractivity contribution is 7.16. The van der Waals surface area contributed by atoms with Crippen LogP contribution in [0.4, 0.5) is 9.80 Å². The number of rotatable bonds is 7. The summed E-state index contributed by atoms with van der Waals surface area (Å²) in [6.07, 6.45) is 0.513. The molecule has 0 aliphatic carbocycles. The highest BCUT2D eigenvalue weighted by atomic mass is 32.1. The van der Waals surface area contributed by atoms with E-state index in [4.69, 9.17) is 9.84 Å². The first-order valence-electron chi connectivity index (χ1n) is 7.35. The molecule has 0 bridgehead atoms. The molecule has 0 fully saturated rings. The number of thiophene rings is 1. The van der Waals surface area contributed by atoms with Gasteiger partial charge in [-0.3, -0.25) is 10.1 Å². The molecule has 0 atom stereocenters. The van der Waals surface area contributed by atoms with Gasteiger partial charge in [0.25, 0.3) is 0 Å². The van der Waals surface area contributed by atoms with E-state index >= 15 is 0 Å². The van der Waals surface area contributed by atoms with E-state index in [9.17, 15) is 14.4 Å². The van der Waals surface area contributed by atoms with Gasteiger partial charge in [0, 0.05) is 18.5 Å². The Labute approximate surface area is 139 Å². The van der Waals surface area contributed by atoms with Crippen molar-refractivity contribution < 1.29 is 24.2 Å². The summed E-state index contributed by atoms with van der Waals surface area (Å²) in [5.41, 5.74) is 1.24. The molecule has 0 aliphatic rings. The lowest BCUT2D eigenvalue weighted by Crippen LogP contribution is -2.33. The minimum absolute atomic E-state index is 0.0842. The van der Waals surface area contributed by atoms with Crippen LogP contribution in [0.2, 0.25) is 0 Å². The zero-order chi connectivity index (χ0) is 17.6. The monoisotopic (exact) mass is 342 g/mol. The minimum atomic E-state index is -0.975. The van der Waals surface area contributed by atoms with Crippen LogP contribution in [-0.4, -0.2) is 48.2 Å². The van der Waals surface area contributed by atoms with Crippen LogP contribution >= 0.6 is 11.3 Å². The third kappa shape index (κ3) is 4.95. The number of carbonyl (C=O) groups is 3. The number of ether oxygens (including phenoxy) is 1. The van der Waals surface area contributed by atoms with Crippen LogP contribution < -0.4 is 5.32 Å². The van der Waals surface area contributed by atoms with E-state index in [2.05, 4.69) is 5.32 Å². The van der Waals surface area contributed by atoms with Crippen molar-refractivity contribution in [3.63, 3.8) is 0 Å². The smallest absolute Gasteiger partial charge is 0.341 e. The van der Waals surface area contributed by atoms with Gasteiger partial charge in [-0.15, -0.1) is 11.3 Å². The number of aliphatic carboxylic acids is 1. The first kappa shape index (κ1) is 19.0. The van der Waals surface area contributed by atoms with Crippen molar-refractivity contribution >= 4 is 34.3 Å². The number of amides is 2. The third-order valence-electron chi connectivity index (χ3n) is 3.27. The summed E-state index contributed by atoms with van der Waals surface area (Å²) in [6.45, 7) is 5.88. The Kier molecular flexibility index (Phi) is 7.02. The van der Waals surface area contributed by atoms with E-state index in [1.165, 1.54) is 23.3 Å². The summed E-state index contributed by atoms with van der Waals surface area (Å²) in [5, 5.41) is 11.8. The average Bonchev–Trinajstić information content (AvgIpc) is 2.80. The number of nitrogens with one attached hydrogen (secondary N) is 1. The Balaban J connectivity index is 2.97. The van der Waals surface area contributed by atoms with E-state index < -0.39 is 18.0 Å². The van der Waals surface area contributed by atoms with Crippen LogP contribution in [0, 0.1) is 6.92 Å². The van der Waals surface area contributed by atoms with Crippen molar-refractivity contribution in [2.45, 2.75) is 33.6 Å². The molecule has 8 heteroatoms. The number of hydrogen-bond acceptors (Lipinski definition) is 5. The van der Waals surface area contributed by atoms with Crippen molar-refractivity contribution in [2.75, 3.05) is 25.5 Å². The number of urea groups is 1. The second kappa shape index (κ2) is 8.52. The Morgan fingerprint density at radius 2 is 1.96 bits per heavy atom. The van der Waals surface area contributed by atoms with Gasteiger partial charge >= 0.3 is 18.0 Å². The molecule has 0 radical (unpaired) electrons. The zero-order valence-corrected chi connectivity index (χ0v) is 14.6. The predicted octanol–water partition coefficient (Wildman–Crippen LogP) is 2.73. The number of aryl methyl sites for hydroxylation is 1. The van der Waals surface area contributed by atoms with Crippen LogP contribution in [-0.2, 0) is 16.0 Å². The van der Waals surface area contributed by atoms with Gasteiger partial charge in [0.05, 0.1) is 18.6 Å². The van der Waals surface area contributed by atoms with Crippen LogP contribution in [0.15, 0.2) is 0 Å². The number of carboxylic acid groups (broad SMARTS) is 1. The van der Waals surface area contributed by atoms with E-state index in [1.807, 2.05) is 13.8 Å². The van der Waals surface area contributed by atoms with Crippen LogP contribution in [0.1, 0.15) is 41.1 Å². The fraction of sp³-hybridized carbons (Fsp3) is 0.533. The van der Waals surface area contributed by atoms with E-state index in [0.717, 1.165) is 10.4 Å². The molecular weight excluding hydrogens is 320 g/mol. The first-order valence-corrected chi connectivity index (χ1v) is 8.16. The van der Waals surface area contributed by atoms with Crippen molar-refractivity contribution in [3.05, 3.63) is 16.0 Å². The number of esters is 1.